The molecule has 0 radical (unpaired) electrons. The van der Waals surface area contributed by atoms with Crippen molar-refractivity contribution in [2.45, 2.75) is 6.92 Å². The van der Waals surface area contributed by atoms with Gasteiger partial charge in [-0.1, -0.05) is 115 Å². The van der Waals surface area contributed by atoms with E-state index >= 15 is 0 Å². The highest BCUT2D eigenvalue weighted by Crippen LogP contribution is 2.44. The van der Waals surface area contributed by atoms with E-state index in [-0.39, 0.29) is 0 Å². The third kappa shape index (κ3) is 4.45. The van der Waals surface area contributed by atoms with Crippen LogP contribution in [0.4, 0.5) is 0 Å². The van der Waals surface area contributed by atoms with Crippen molar-refractivity contribution in [3.05, 3.63) is 157 Å². The molecule has 0 saturated heterocycles. The Bertz CT molecular complexity index is 2220. The van der Waals surface area contributed by atoms with E-state index in [0.717, 1.165) is 28.1 Å². The minimum Gasteiger partial charge on any atom is -0.254 e. The third-order valence-electron chi connectivity index (χ3n) is 8.39. The van der Waals surface area contributed by atoms with Crippen molar-refractivity contribution >= 4 is 32.3 Å². The lowest BCUT2D eigenvalue weighted by atomic mass is 9.85. The smallest absolute Gasteiger partial charge is 0.0886 e. The Morgan fingerprint density at radius 1 is 0.372 bits per heavy atom. The van der Waals surface area contributed by atoms with Crippen LogP contribution in [0.5, 0.6) is 0 Å². The highest BCUT2D eigenvalue weighted by atomic mass is 14.8. The molecule has 0 atom stereocenters. The summed E-state index contributed by atoms with van der Waals surface area (Å²) in [5.41, 5.74) is 10.1. The fourth-order valence-electron chi connectivity index (χ4n) is 6.28. The van der Waals surface area contributed by atoms with Crippen molar-refractivity contribution in [2.24, 2.45) is 0 Å². The summed E-state index contributed by atoms with van der Waals surface area (Å²) in [5.74, 6) is 0. The average Bonchev–Trinajstić information content (AvgIpc) is 3.07. The number of hydrogen-bond donors (Lipinski definition) is 0. The summed E-state index contributed by atoms with van der Waals surface area (Å²) in [7, 11) is 0. The molecule has 0 bridgehead atoms. The first-order valence-electron chi connectivity index (χ1n) is 14.7. The van der Waals surface area contributed by atoms with Gasteiger partial charge in [0.25, 0.3) is 0 Å². The van der Waals surface area contributed by atoms with Gasteiger partial charge in [-0.3, -0.25) is 9.97 Å². The summed E-state index contributed by atoms with van der Waals surface area (Å²) in [4.78, 5) is 9.31. The van der Waals surface area contributed by atoms with E-state index in [0.29, 0.717) is 0 Å². The monoisotopic (exact) mass is 548 g/mol. The predicted molar refractivity (Wildman–Crippen MR) is 181 cm³/mol. The molecule has 0 unspecified atom stereocenters. The zero-order valence-electron chi connectivity index (χ0n) is 23.8. The number of benzene rings is 6. The van der Waals surface area contributed by atoms with E-state index in [2.05, 4.69) is 138 Å². The van der Waals surface area contributed by atoms with Crippen LogP contribution in [0.3, 0.4) is 0 Å². The lowest BCUT2D eigenvalue weighted by molar-refractivity contribution is 1.22. The Kier molecular flexibility index (Phi) is 6.05. The molecule has 0 spiro atoms. The molecule has 0 saturated carbocycles. The van der Waals surface area contributed by atoms with Gasteiger partial charge >= 0.3 is 0 Å². The van der Waals surface area contributed by atoms with Gasteiger partial charge in [0.2, 0.25) is 0 Å². The van der Waals surface area contributed by atoms with E-state index in [4.69, 9.17) is 4.98 Å². The molecule has 2 heterocycles. The van der Waals surface area contributed by atoms with Crippen molar-refractivity contribution in [3.63, 3.8) is 0 Å². The normalized spacial score (nSPS) is 11.4. The molecule has 0 fully saturated rings. The predicted octanol–water partition coefficient (Wildman–Crippen LogP) is 10.9. The van der Waals surface area contributed by atoms with Crippen LogP contribution in [0, 0.1) is 6.92 Å². The second-order valence-electron chi connectivity index (χ2n) is 11.1. The molecule has 0 aliphatic rings. The Hall–Kier alpha value is -5.60. The molecule has 0 aliphatic carbocycles. The van der Waals surface area contributed by atoms with Crippen LogP contribution in [0.25, 0.3) is 77.1 Å². The standard InChI is InChI=1S/C41H28N2/c1-27-17-21-38(42-25-27)39-22-20-33(26-43-39)30-11-8-12-31(24-30)40-34-13-4-6-15-36(34)41(37-16-7-5-14-35(37)40)32-19-18-28-9-2-3-10-29(28)23-32/h2-26H,1H3. The fourth-order valence-corrected chi connectivity index (χ4v) is 6.28. The number of rotatable bonds is 4. The summed E-state index contributed by atoms with van der Waals surface area (Å²) in [6.07, 6.45) is 3.84. The maximum atomic E-state index is 4.76. The van der Waals surface area contributed by atoms with Crippen LogP contribution in [0.2, 0.25) is 0 Å². The van der Waals surface area contributed by atoms with E-state index in [1.807, 2.05) is 25.4 Å². The quantitative estimate of drug-likeness (QED) is 0.204. The molecule has 2 aromatic heterocycles. The lowest BCUT2D eigenvalue weighted by Gasteiger charge is -2.18. The molecule has 43 heavy (non-hydrogen) atoms. The number of hydrogen-bond acceptors (Lipinski definition) is 2. The molecular formula is C41H28N2. The zero-order chi connectivity index (χ0) is 28.8. The van der Waals surface area contributed by atoms with E-state index in [1.54, 1.807) is 0 Å². The van der Waals surface area contributed by atoms with Gasteiger partial charge in [0.15, 0.2) is 0 Å². The van der Waals surface area contributed by atoms with Crippen molar-refractivity contribution in [3.8, 4) is 44.8 Å². The second-order valence-corrected chi connectivity index (χ2v) is 11.1. The highest BCUT2D eigenvalue weighted by molar-refractivity contribution is 6.21. The van der Waals surface area contributed by atoms with E-state index < -0.39 is 0 Å². The van der Waals surface area contributed by atoms with Gasteiger partial charge in [-0.05, 0) is 96.9 Å². The SMILES string of the molecule is Cc1ccc(-c2ccc(-c3cccc(-c4c5ccccc5c(-c5ccc6ccccc6c5)c5ccccc45)c3)cn2)nc1. The van der Waals surface area contributed by atoms with Gasteiger partial charge in [0.1, 0.15) is 0 Å². The molecular weight excluding hydrogens is 520 g/mol. The van der Waals surface area contributed by atoms with Gasteiger partial charge < -0.3 is 0 Å². The van der Waals surface area contributed by atoms with Gasteiger partial charge in [0.05, 0.1) is 11.4 Å². The average molecular weight is 549 g/mol. The Labute approximate surface area is 251 Å². The first-order valence-corrected chi connectivity index (χ1v) is 14.7. The molecule has 6 aromatic carbocycles. The molecule has 2 heteroatoms. The first kappa shape index (κ1) is 25.1. The molecule has 8 rings (SSSR count). The summed E-state index contributed by atoms with van der Waals surface area (Å²) in [6.45, 7) is 2.05. The van der Waals surface area contributed by atoms with Crippen molar-refractivity contribution in [1.29, 1.82) is 0 Å². The number of fused-ring (bicyclic) bond motifs is 3. The van der Waals surface area contributed by atoms with E-state index in [9.17, 15) is 0 Å². The van der Waals surface area contributed by atoms with Crippen LogP contribution in [0.1, 0.15) is 5.56 Å². The van der Waals surface area contributed by atoms with Gasteiger partial charge in [0, 0.05) is 18.0 Å². The summed E-state index contributed by atoms with van der Waals surface area (Å²) < 4.78 is 0. The van der Waals surface area contributed by atoms with Crippen molar-refractivity contribution in [2.75, 3.05) is 0 Å². The van der Waals surface area contributed by atoms with Crippen LogP contribution in [-0.2, 0) is 0 Å². The lowest BCUT2D eigenvalue weighted by Crippen LogP contribution is -1.92. The molecule has 0 aliphatic heterocycles. The van der Waals surface area contributed by atoms with Crippen LogP contribution in [0.15, 0.2) is 152 Å². The van der Waals surface area contributed by atoms with Gasteiger partial charge in [-0.2, -0.15) is 0 Å². The highest BCUT2D eigenvalue weighted by Gasteiger charge is 2.17. The fraction of sp³-hybridized carbons (Fsp3) is 0.0244. The third-order valence-corrected chi connectivity index (χ3v) is 8.39. The largest absolute Gasteiger partial charge is 0.254 e. The molecule has 0 N–H and O–H groups in total. The molecule has 0 amide bonds. The second kappa shape index (κ2) is 10.3. The van der Waals surface area contributed by atoms with Crippen LogP contribution >= 0.6 is 0 Å². The maximum Gasteiger partial charge on any atom is 0.0886 e. The summed E-state index contributed by atoms with van der Waals surface area (Å²) in [5, 5.41) is 7.52. The number of nitrogens with zero attached hydrogens (tertiary/aromatic N) is 2. The van der Waals surface area contributed by atoms with Crippen LogP contribution < -0.4 is 0 Å². The molecule has 8 aromatic rings. The molecule has 2 nitrogen and oxygen atoms in total. The topological polar surface area (TPSA) is 25.8 Å². The summed E-state index contributed by atoms with van der Waals surface area (Å²) in [6, 6.07) is 50.2. The number of aromatic nitrogens is 2. The van der Waals surface area contributed by atoms with Crippen molar-refractivity contribution < 1.29 is 0 Å². The van der Waals surface area contributed by atoms with Crippen LogP contribution in [-0.4, -0.2) is 9.97 Å². The maximum absolute atomic E-state index is 4.76. The number of aryl methyl sites for hydroxylation is 1. The minimum atomic E-state index is 0.876. The number of pyridine rings is 2. The van der Waals surface area contributed by atoms with Gasteiger partial charge in [-0.25, -0.2) is 0 Å². The Morgan fingerprint density at radius 2 is 0.907 bits per heavy atom. The van der Waals surface area contributed by atoms with Gasteiger partial charge in [-0.15, -0.1) is 0 Å². The van der Waals surface area contributed by atoms with Crippen molar-refractivity contribution in [1.82, 2.24) is 9.97 Å². The zero-order valence-corrected chi connectivity index (χ0v) is 23.8. The minimum absolute atomic E-state index is 0.876. The summed E-state index contributed by atoms with van der Waals surface area (Å²) >= 11 is 0. The first-order chi connectivity index (χ1) is 21.2. The molecule has 202 valence electrons. The van der Waals surface area contributed by atoms with E-state index in [1.165, 1.54) is 54.6 Å². The Morgan fingerprint density at radius 3 is 1.51 bits per heavy atom. The Balaban J connectivity index is 1.30.